The first-order valence-corrected chi connectivity index (χ1v) is 8.48. The van der Waals surface area contributed by atoms with Gasteiger partial charge >= 0.3 is 0 Å². The van der Waals surface area contributed by atoms with Gasteiger partial charge in [0.05, 0.1) is 25.3 Å². The molecule has 1 aromatic carbocycles. The van der Waals surface area contributed by atoms with Crippen LogP contribution in [0, 0.1) is 0 Å². The summed E-state index contributed by atoms with van der Waals surface area (Å²) in [5.41, 5.74) is 1.70. The van der Waals surface area contributed by atoms with Crippen LogP contribution in [0.4, 0.5) is 0 Å². The first-order valence-electron chi connectivity index (χ1n) is 8.11. The maximum absolute atomic E-state index is 12.2. The molecule has 1 saturated heterocycles. The first kappa shape index (κ1) is 17.0. The van der Waals surface area contributed by atoms with Gasteiger partial charge in [-0.1, -0.05) is 23.7 Å². The summed E-state index contributed by atoms with van der Waals surface area (Å²) >= 11 is 5.86. The summed E-state index contributed by atoms with van der Waals surface area (Å²) in [6.07, 6.45) is 2.29. The highest BCUT2D eigenvalue weighted by atomic mass is 35.5. The van der Waals surface area contributed by atoms with E-state index in [1.54, 1.807) is 0 Å². The quantitative estimate of drug-likeness (QED) is 0.872. The molecule has 0 spiro atoms. The number of hydrogen-bond donors (Lipinski definition) is 1. The predicted octanol–water partition coefficient (Wildman–Crippen LogP) is 2.74. The van der Waals surface area contributed by atoms with Crippen molar-refractivity contribution >= 4 is 17.5 Å². The molecule has 0 atom stereocenters. The van der Waals surface area contributed by atoms with Crippen LogP contribution in [0.2, 0.25) is 5.02 Å². The number of ether oxygens (including phenoxy) is 1. The maximum Gasteiger partial charge on any atom is 0.254 e. The van der Waals surface area contributed by atoms with Crippen LogP contribution in [0.15, 0.2) is 41.0 Å². The summed E-state index contributed by atoms with van der Waals surface area (Å²) in [7, 11) is 0. The molecule has 5 nitrogen and oxygen atoms in total. The van der Waals surface area contributed by atoms with E-state index in [1.807, 2.05) is 30.3 Å². The fraction of sp³-hybridized carbons (Fsp3) is 0.389. The number of hydrogen-bond acceptors (Lipinski definition) is 4. The summed E-state index contributed by atoms with van der Waals surface area (Å²) in [5, 5.41) is 3.63. The van der Waals surface area contributed by atoms with Crippen molar-refractivity contribution in [3.05, 3.63) is 58.5 Å². The molecule has 0 radical (unpaired) electrons. The molecule has 24 heavy (non-hydrogen) atoms. The van der Waals surface area contributed by atoms with E-state index in [-0.39, 0.29) is 5.91 Å². The molecule has 3 rings (SSSR count). The fourth-order valence-electron chi connectivity index (χ4n) is 2.64. The standard InChI is InChI=1S/C18H21ClN2O3/c19-16-3-1-14(2-4-16)5-6-20-18(22)15-11-17(24-13-15)12-21-7-9-23-10-8-21/h1-4,11,13H,5-10,12H2,(H,20,22). The lowest BCUT2D eigenvalue weighted by Gasteiger charge is -2.25. The lowest BCUT2D eigenvalue weighted by Crippen LogP contribution is -2.35. The van der Waals surface area contributed by atoms with Crippen LogP contribution in [0.5, 0.6) is 0 Å². The van der Waals surface area contributed by atoms with E-state index < -0.39 is 0 Å². The third kappa shape index (κ3) is 4.84. The molecule has 2 aromatic rings. The number of morpholine rings is 1. The first-order chi connectivity index (χ1) is 11.7. The van der Waals surface area contributed by atoms with E-state index in [4.69, 9.17) is 20.8 Å². The Hall–Kier alpha value is -1.82. The van der Waals surface area contributed by atoms with Gasteiger partial charge in [-0.2, -0.15) is 0 Å². The van der Waals surface area contributed by atoms with Crippen LogP contribution in [0.3, 0.4) is 0 Å². The number of benzene rings is 1. The number of carbonyl (C=O) groups excluding carboxylic acids is 1. The Labute approximate surface area is 146 Å². The Morgan fingerprint density at radius 3 is 2.71 bits per heavy atom. The molecule has 1 amide bonds. The van der Waals surface area contributed by atoms with Crippen LogP contribution in [-0.2, 0) is 17.7 Å². The fourth-order valence-corrected chi connectivity index (χ4v) is 2.76. The zero-order chi connectivity index (χ0) is 16.8. The average molecular weight is 349 g/mol. The van der Waals surface area contributed by atoms with Crippen molar-refractivity contribution in [2.45, 2.75) is 13.0 Å². The SMILES string of the molecule is O=C(NCCc1ccc(Cl)cc1)c1coc(CN2CCOCC2)c1. The zero-order valence-corrected chi connectivity index (χ0v) is 14.2. The van der Waals surface area contributed by atoms with Gasteiger partial charge < -0.3 is 14.5 Å². The lowest BCUT2D eigenvalue weighted by atomic mass is 10.1. The molecule has 1 fully saturated rings. The Balaban J connectivity index is 1.45. The molecular formula is C18H21ClN2O3. The average Bonchev–Trinajstić information content (AvgIpc) is 3.06. The van der Waals surface area contributed by atoms with Crippen molar-refractivity contribution in [3.8, 4) is 0 Å². The Bertz CT molecular complexity index is 663. The molecule has 0 saturated carbocycles. The molecule has 1 aliphatic heterocycles. The number of furan rings is 1. The van der Waals surface area contributed by atoms with Crippen molar-refractivity contribution in [2.24, 2.45) is 0 Å². The Kier molecular flexibility index (Phi) is 5.91. The summed E-state index contributed by atoms with van der Waals surface area (Å²) in [4.78, 5) is 14.4. The Morgan fingerprint density at radius 1 is 1.21 bits per heavy atom. The van der Waals surface area contributed by atoms with Gasteiger partial charge in [0.1, 0.15) is 12.0 Å². The van der Waals surface area contributed by atoms with E-state index in [1.165, 1.54) is 6.26 Å². The van der Waals surface area contributed by atoms with Gasteiger partial charge in [0.15, 0.2) is 0 Å². The molecule has 1 aromatic heterocycles. The second-order valence-corrected chi connectivity index (χ2v) is 6.26. The number of carbonyl (C=O) groups is 1. The second-order valence-electron chi connectivity index (χ2n) is 5.82. The molecule has 0 aliphatic carbocycles. The number of nitrogens with one attached hydrogen (secondary N) is 1. The highest BCUT2D eigenvalue weighted by Gasteiger charge is 2.15. The van der Waals surface area contributed by atoms with Gasteiger partial charge in [-0.3, -0.25) is 9.69 Å². The van der Waals surface area contributed by atoms with Crippen LogP contribution < -0.4 is 5.32 Å². The molecule has 0 bridgehead atoms. The topological polar surface area (TPSA) is 54.7 Å². The highest BCUT2D eigenvalue weighted by Crippen LogP contribution is 2.12. The van der Waals surface area contributed by atoms with Gasteiger partial charge in [-0.15, -0.1) is 0 Å². The predicted molar refractivity (Wildman–Crippen MR) is 92.3 cm³/mol. The van der Waals surface area contributed by atoms with E-state index in [9.17, 15) is 4.79 Å². The Morgan fingerprint density at radius 2 is 1.96 bits per heavy atom. The van der Waals surface area contributed by atoms with Crippen LogP contribution in [0.1, 0.15) is 21.7 Å². The van der Waals surface area contributed by atoms with Gasteiger partial charge in [0.2, 0.25) is 0 Å². The normalized spacial score (nSPS) is 15.4. The largest absolute Gasteiger partial charge is 0.467 e. The molecular weight excluding hydrogens is 328 g/mol. The van der Waals surface area contributed by atoms with Crippen LogP contribution in [-0.4, -0.2) is 43.7 Å². The monoisotopic (exact) mass is 348 g/mol. The molecule has 1 N–H and O–H groups in total. The van der Waals surface area contributed by atoms with Crippen molar-refractivity contribution < 1.29 is 13.9 Å². The van der Waals surface area contributed by atoms with E-state index in [0.717, 1.165) is 44.0 Å². The van der Waals surface area contributed by atoms with Gasteiger partial charge in [0.25, 0.3) is 5.91 Å². The van der Waals surface area contributed by atoms with Crippen molar-refractivity contribution in [2.75, 3.05) is 32.8 Å². The third-order valence-corrected chi connectivity index (χ3v) is 4.26. The lowest BCUT2D eigenvalue weighted by molar-refractivity contribution is 0.0313. The zero-order valence-electron chi connectivity index (χ0n) is 13.5. The second kappa shape index (κ2) is 8.33. The molecule has 2 heterocycles. The smallest absolute Gasteiger partial charge is 0.254 e. The van der Waals surface area contributed by atoms with E-state index in [2.05, 4.69) is 10.2 Å². The van der Waals surface area contributed by atoms with E-state index in [0.29, 0.717) is 23.7 Å². The third-order valence-electron chi connectivity index (χ3n) is 4.01. The van der Waals surface area contributed by atoms with Crippen molar-refractivity contribution in [1.82, 2.24) is 10.2 Å². The number of rotatable bonds is 6. The van der Waals surface area contributed by atoms with Crippen LogP contribution in [0.25, 0.3) is 0 Å². The van der Waals surface area contributed by atoms with E-state index >= 15 is 0 Å². The molecule has 1 aliphatic rings. The molecule has 6 heteroatoms. The summed E-state index contributed by atoms with van der Waals surface area (Å²) in [5.74, 6) is 0.695. The van der Waals surface area contributed by atoms with Crippen molar-refractivity contribution in [3.63, 3.8) is 0 Å². The maximum atomic E-state index is 12.2. The number of nitrogens with zero attached hydrogens (tertiary/aromatic N) is 1. The summed E-state index contributed by atoms with van der Waals surface area (Å²) in [6.45, 7) is 4.57. The summed E-state index contributed by atoms with van der Waals surface area (Å²) in [6, 6.07) is 9.45. The van der Waals surface area contributed by atoms with Gasteiger partial charge in [-0.25, -0.2) is 0 Å². The minimum Gasteiger partial charge on any atom is -0.467 e. The number of amides is 1. The molecule has 128 valence electrons. The highest BCUT2D eigenvalue weighted by molar-refractivity contribution is 6.30. The minimum atomic E-state index is -0.110. The minimum absolute atomic E-state index is 0.110. The van der Waals surface area contributed by atoms with Gasteiger partial charge in [0, 0.05) is 24.7 Å². The number of halogens is 1. The van der Waals surface area contributed by atoms with Crippen molar-refractivity contribution in [1.29, 1.82) is 0 Å². The molecule has 0 unspecified atom stereocenters. The summed E-state index contributed by atoms with van der Waals surface area (Å²) < 4.78 is 10.8. The van der Waals surface area contributed by atoms with Gasteiger partial charge in [-0.05, 0) is 30.2 Å². The van der Waals surface area contributed by atoms with Crippen LogP contribution >= 0.6 is 11.6 Å².